The number of hydrogen-bond donors (Lipinski definition) is 1. The predicted molar refractivity (Wildman–Crippen MR) is 78.3 cm³/mol. The van der Waals surface area contributed by atoms with E-state index in [0.29, 0.717) is 21.9 Å². The van der Waals surface area contributed by atoms with Crippen molar-refractivity contribution >= 4 is 17.4 Å². The molecule has 0 bridgehead atoms. The fourth-order valence-electron chi connectivity index (χ4n) is 1.85. The molecule has 0 aliphatic rings. The molecule has 0 saturated heterocycles. The molecule has 0 amide bonds. The van der Waals surface area contributed by atoms with Crippen LogP contribution >= 0.6 is 11.6 Å². The Morgan fingerprint density at radius 2 is 1.95 bits per heavy atom. The van der Waals surface area contributed by atoms with Gasteiger partial charge in [-0.25, -0.2) is 4.39 Å². The third-order valence-corrected chi connectivity index (χ3v) is 3.21. The molecule has 1 atom stereocenters. The molecule has 21 heavy (non-hydrogen) atoms. The third kappa shape index (κ3) is 4.03. The maximum Gasteiger partial charge on any atom is 0.163 e. The van der Waals surface area contributed by atoms with Crippen LogP contribution in [-0.4, -0.2) is 17.5 Å². The van der Waals surface area contributed by atoms with E-state index in [1.165, 1.54) is 37.3 Å². The maximum absolute atomic E-state index is 12.8. The van der Waals surface area contributed by atoms with Crippen molar-refractivity contribution in [2.45, 2.75) is 13.0 Å². The Labute approximate surface area is 126 Å². The summed E-state index contributed by atoms with van der Waals surface area (Å²) >= 11 is 5.84. The zero-order chi connectivity index (χ0) is 15.4. The van der Waals surface area contributed by atoms with Crippen LogP contribution in [-0.2, 0) is 0 Å². The smallest absolute Gasteiger partial charge is 0.163 e. The van der Waals surface area contributed by atoms with Crippen molar-refractivity contribution in [1.82, 2.24) is 0 Å². The molecular weight excluding hydrogens is 295 g/mol. The Kier molecular flexibility index (Phi) is 4.94. The first-order valence-corrected chi connectivity index (χ1v) is 6.72. The molecule has 2 rings (SSSR count). The van der Waals surface area contributed by atoms with Crippen LogP contribution in [0.1, 0.15) is 28.9 Å². The van der Waals surface area contributed by atoms with Crippen LogP contribution in [0.25, 0.3) is 0 Å². The van der Waals surface area contributed by atoms with Crippen molar-refractivity contribution in [3.05, 3.63) is 64.4 Å². The number of carbonyl (C=O) groups excluding carboxylic acids is 1. The van der Waals surface area contributed by atoms with E-state index in [-0.39, 0.29) is 18.2 Å². The van der Waals surface area contributed by atoms with Crippen molar-refractivity contribution in [3.8, 4) is 5.75 Å². The first-order valence-electron chi connectivity index (χ1n) is 6.34. The number of ketones is 1. The number of Topliss-reactive ketones (excluding diaryl/α,β-unsaturated/α-hetero) is 1. The molecule has 2 aromatic carbocycles. The largest absolute Gasteiger partial charge is 0.490 e. The van der Waals surface area contributed by atoms with Gasteiger partial charge in [0.15, 0.2) is 5.78 Å². The van der Waals surface area contributed by atoms with Gasteiger partial charge in [-0.05, 0) is 42.8 Å². The predicted octanol–water partition coefficient (Wildman–Crippen LogP) is 3.79. The average Bonchev–Trinajstić information content (AvgIpc) is 2.46. The molecule has 110 valence electrons. The second-order valence-corrected chi connectivity index (χ2v) is 5.01. The summed E-state index contributed by atoms with van der Waals surface area (Å²) in [5.74, 6) is -0.194. The van der Waals surface area contributed by atoms with Gasteiger partial charge in [-0.2, -0.15) is 0 Å². The maximum atomic E-state index is 12.8. The van der Waals surface area contributed by atoms with E-state index in [2.05, 4.69) is 0 Å². The van der Waals surface area contributed by atoms with Gasteiger partial charge in [0.2, 0.25) is 0 Å². The van der Waals surface area contributed by atoms with Crippen LogP contribution in [0, 0.1) is 5.82 Å². The molecule has 0 heterocycles. The summed E-state index contributed by atoms with van der Waals surface area (Å²) in [4.78, 5) is 11.5. The number of ether oxygens (including phenoxy) is 1. The van der Waals surface area contributed by atoms with Crippen LogP contribution in [0.15, 0.2) is 42.5 Å². The SMILES string of the molecule is CC(=O)c1cc(Cl)ccc1OCC(O)c1ccc(F)cc1. The molecule has 0 saturated carbocycles. The van der Waals surface area contributed by atoms with Crippen molar-refractivity contribution in [1.29, 1.82) is 0 Å². The third-order valence-electron chi connectivity index (χ3n) is 2.97. The van der Waals surface area contributed by atoms with Crippen molar-refractivity contribution in [2.75, 3.05) is 6.61 Å². The topological polar surface area (TPSA) is 46.5 Å². The molecule has 1 N–H and O–H groups in total. The van der Waals surface area contributed by atoms with Gasteiger partial charge >= 0.3 is 0 Å². The quantitative estimate of drug-likeness (QED) is 0.855. The summed E-state index contributed by atoms with van der Waals surface area (Å²) in [6.45, 7) is 1.36. The average molecular weight is 309 g/mol. The highest BCUT2D eigenvalue weighted by Gasteiger charge is 2.13. The van der Waals surface area contributed by atoms with Crippen LogP contribution in [0.4, 0.5) is 4.39 Å². The normalized spacial score (nSPS) is 12.0. The number of aliphatic hydroxyl groups is 1. The minimum atomic E-state index is -0.916. The van der Waals surface area contributed by atoms with Crippen molar-refractivity contribution in [3.63, 3.8) is 0 Å². The van der Waals surface area contributed by atoms with Crippen LogP contribution in [0.3, 0.4) is 0 Å². The Hall–Kier alpha value is -1.91. The van der Waals surface area contributed by atoms with E-state index in [1.807, 2.05) is 0 Å². The summed E-state index contributed by atoms with van der Waals surface area (Å²) in [7, 11) is 0. The summed E-state index contributed by atoms with van der Waals surface area (Å²) in [6.07, 6.45) is -0.916. The molecule has 3 nitrogen and oxygen atoms in total. The lowest BCUT2D eigenvalue weighted by Crippen LogP contribution is -2.11. The monoisotopic (exact) mass is 308 g/mol. The van der Waals surface area contributed by atoms with Gasteiger partial charge in [-0.15, -0.1) is 0 Å². The number of carbonyl (C=O) groups is 1. The Bertz CT molecular complexity index is 640. The van der Waals surface area contributed by atoms with Crippen LogP contribution in [0.5, 0.6) is 5.75 Å². The Morgan fingerprint density at radius 3 is 2.57 bits per heavy atom. The van der Waals surface area contributed by atoms with E-state index < -0.39 is 6.10 Å². The summed E-state index contributed by atoms with van der Waals surface area (Å²) < 4.78 is 18.3. The number of halogens is 2. The van der Waals surface area contributed by atoms with Gasteiger partial charge < -0.3 is 9.84 Å². The molecule has 0 spiro atoms. The van der Waals surface area contributed by atoms with E-state index >= 15 is 0 Å². The Balaban J connectivity index is 2.09. The minimum absolute atomic E-state index is 0.0481. The van der Waals surface area contributed by atoms with Gasteiger partial charge in [0.05, 0.1) is 5.56 Å². The first kappa shape index (κ1) is 15.5. The number of aliphatic hydroxyl groups excluding tert-OH is 1. The highest BCUT2D eigenvalue weighted by Crippen LogP contribution is 2.25. The molecule has 2 aromatic rings. The van der Waals surface area contributed by atoms with Crippen LogP contribution < -0.4 is 4.74 Å². The van der Waals surface area contributed by atoms with E-state index in [4.69, 9.17) is 16.3 Å². The second kappa shape index (κ2) is 6.70. The van der Waals surface area contributed by atoms with E-state index in [1.54, 1.807) is 12.1 Å². The van der Waals surface area contributed by atoms with E-state index in [0.717, 1.165) is 0 Å². The minimum Gasteiger partial charge on any atom is -0.490 e. The van der Waals surface area contributed by atoms with Gasteiger partial charge in [-0.1, -0.05) is 23.7 Å². The zero-order valence-corrected chi connectivity index (χ0v) is 12.1. The van der Waals surface area contributed by atoms with Crippen LogP contribution in [0.2, 0.25) is 5.02 Å². The van der Waals surface area contributed by atoms with Crippen molar-refractivity contribution in [2.24, 2.45) is 0 Å². The molecule has 0 aromatic heterocycles. The number of benzene rings is 2. The molecule has 0 aliphatic heterocycles. The van der Waals surface area contributed by atoms with Gasteiger partial charge in [-0.3, -0.25) is 4.79 Å². The van der Waals surface area contributed by atoms with Gasteiger partial charge in [0, 0.05) is 5.02 Å². The number of rotatable bonds is 5. The fourth-order valence-corrected chi connectivity index (χ4v) is 2.03. The molecule has 0 fully saturated rings. The highest BCUT2D eigenvalue weighted by molar-refractivity contribution is 6.31. The van der Waals surface area contributed by atoms with Gasteiger partial charge in [0.25, 0.3) is 0 Å². The number of hydrogen-bond acceptors (Lipinski definition) is 3. The molecule has 1 unspecified atom stereocenters. The molecule has 5 heteroatoms. The molecule has 0 radical (unpaired) electrons. The van der Waals surface area contributed by atoms with Crippen molar-refractivity contribution < 1.29 is 19.0 Å². The zero-order valence-electron chi connectivity index (χ0n) is 11.3. The first-order chi connectivity index (χ1) is 9.97. The highest BCUT2D eigenvalue weighted by atomic mass is 35.5. The van der Waals surface area contributed by atoms with Gasteiger partial charge in [0.1, 0.15) is 24.3 Å². The lowest BCUT2D eigenvalue weighted by Gasteiger charge is -2.14. The lowest BCUT2D eigenvalue weighted by molar-refractivity contribution is 0.0977. The van der Waals surface area contributed by atoms with E-state index in [9.17, 15) is 14.3 Å². The second-order valence-electron chi connectivity index (χ2n) is 4.58. The molecular formula is C16H14ClFO3. The summed E-state index contributed by atoms with van der Waals surface area (Å²) in [5.41, 5.74) is 0.892. The summed E-state index contributed by atoms with van der Waals surface area (Å²) in [6, 6.07) is 10.2. The Morgan fingerprint density at radius 1 is 1.29 bits per heavy atom. The lowest BCUT2D eigenvalue weighted by atomic mass is 10.1. The summed E-state index contributed by atoms with van der Waals surface area (Å²) in [5, 5.41) is 10.4. The molecule has 0 aliphatic carbocycles. The standard InChI is InChI=1S/C16H14ClFO3/c1-10(19)14-8-12(17)4-7-16(14)21-9-15(20)11-2-5-13(18)6-3-11/h2-8,15,20H,9H2,1H3. The fraction of sp³-hybridized carbons (Fsp3) is 0.188.